The van der Waals surface area contributed by atoms with Gasteiger partial charge in [0.05, 0.1) is 6.54 Å². The summed E-state index contributed by atoms with van der Waals surface area (Å²) in [6, 6.07) is 11.4. The van der Waals surface area contributed by atoms with Gasteiger partial charge in [-0.2, -0.15) is 0 Å². The Bertz CT molecular complexity index is 547. The molecule has 2 rings (SSSR count). The van der Waals surface area contributed by atoms with Crippen LogP contribution in [0.15, 0.2) is 40.9 Å². The van der Waals surface area contributed by atoms with Gasteiger partial charge in [-0.15, -0.1) is 0 Å². The summed E-state index contributed by atoms with van der Waals surface area (Å²) in [4.78, 5) is 13.9. The molecule has 1 amide bonds. The van der Waals surface area contributed by atoms with Crippen LogP contribution in [0.4, 0.5) is 5.88 Å². The van der Waals surface area contributed by atoms with E-state index in [1.165, 1.54) is 0 Å². The van der Waals surface area contributed by atoms with Crippen LogP contribution in [0.3, 0.4) is 0 Å². The molecule has 0 fully saturated rings. The summed E-state index contributed by atoms with van der Waals surface area (Å²) in [5.74, 6) is 0.283. The average molecular weight is 273 g/mol. The van der Waals surface area contributed by atoms with Crippen molar-refractivity contribution >= 4 is 11.8 Å². The third-order valence-corrected chi connectivity index (χ3v) is 3.10. The van der Waals surface area contributed by atoms with E-state index in [-0.39, 0.29) is 5.91 Å². The molecule has 1 N–H and O–H groups in total. The lowest BCUT2D eigenvalue weighted by Gasteiger charge is -2.16. The van der Waals surface area contributed by atoms with Crippen molar-refractivity contribution in [1.29, 1.82) is 0 Å². The number of rotatable bonds is 6. The molecule has 1 aromatic carbocycles. The van der Waals surface area contributed by atoms with Crippen molar-refractivity contribution in [3.8, 4) is 11.3 Å². The fourth-order valence-corrected chi connectivity index (χ4v) is 1.91. The van der Waals surface area contributed by atoms with Crippen LogP contribution in [0.25, 0.3) is 11.3 Å². The number of nitrogens with zero attached hydrogens (tertiary/aromatic N) is 2. The molecule has 0 saturated carbocycles. The maximum Gasteiger partial charge on any atom is 0.240 e. The fourth-order valence-electron chi connectivity index (χ4n) is 1.91. The van der Waals surface area contributed by atoms with Crippen molar-refractivity contribution in [3.05, 3.63) is 36.4 Å². The molecule has 2 aromatic rings. The highest BCUT2D eigenvalue weighted by atomic mass is 16.5. The smallest absolute Gasteiger partial charge is 0.240 e. The molecule has 0 atom stereocenters. The normalized spacial score (nSPS) is 10.8. The van der Waals surface area contributed by atoms with E-state index in [1.807, 2.05) is 49.1 Å². The molecular formula is C15H19N3O2. The minimum absolute atomic E-state index is 0.0931. The van der Waals surface area contributed by atoms with E-state index in [0.717, 1.165) is 18.7 Å². The van der Waals surface area contributed by atoms with Gasteiger partial charge in [0.15, 0.2) is 0 Å². The summed E-state index contributed by atoms with van der Waals surface area (Å²) in [5, 5.41) is 6.68. The standard InChI is InChI=1S/C15H19N3O2/c1-3-18(4-2)11-14(19)16-15-10-13(17-20-15)12-8-6-5-7-9-12/h5-10H,3-4,11H2,1-2H3,(H,16,19). The van der Waals surface area contributed by atoms with E-state index < -0.39 is 0 Å². The highest BCUT2D eigenvalue weighted by molar-refractivity contribution is 5.91. The van der Waals surface area contributed by atoms with E-state index in [1.54, 1.807) is 6.07 Å². The average Bonchev–Trinajstić information content (AvgIpc) is 2.94. The quantitative estimate of drug-likeness (QED) is 0.879. The second-order valence-corrected chi connectivity index (χ2v) is 4.45. The van der Waals surface area contributed by atoms with Gasteiger partial charge in [0, 0.05) is 11.6 Å². The van der Waals surface area contributed by atoms with Crippen LogP contribution < -0.4 is 5.32 Å². The molecule has 5 heteroatoms. The zero-order valence-electron chi connectivity index (χ0n) is 11.8. The highest BCUT2D eigenvalue weighted by Gasteiger charge is 2.11. The second kappa shape index (κ2) is 6.86. The van der Waals surface area contributed by atoms with Gasteiger partial charge in [-0.3, -0.25) is 15.0 Å². The lowest BCUT2D eigenvalue weighted by atomic mass is 10.2. The predicted octanol–water partition coefficient (Wildman–Crippen LogP) is 2.62. The third kappa shape index (κ3) is 3.68. The number of likely N-dealkylation sites (N-methyl/N-ethyl adjacent to an activating group) is 1. The Balaban J connectivity index is 1.98. The summed E-state index contributed by atoms with van der Waals surface area (Å²) in [6.45, 7) is 6.09. The Morgan fingerprint density at radius 1 is 1.25 bits per heavy atom. The van der Waals surface area contributed by atoms with Gasteiger partial charge in [0.25, 0.3) is 0 Å². The molecule has 0 spiro atoms. The molecule has 0 saturated heterocycles. The van der Waals surface area contributed by atoms with E-state index in [9.17, 15) is 4.79 Å². The SMILES string of the molecule is CCN(CC)CC(=O)Nc1cc(-c2ccccc2)no1. The van der Waals surface area contributed by atoms with Crippen LogP contribution in [0.2, 0.25) is 0 Å². The number of hydrogen-bond acceptors (Lipinski definition) is 4. The largest absolute Gasteiger partial charge is 0.338 e. The highest BCUT2D eigenvalue weighted by Crippen LogP contribution is 2.21. The molecule has 0 aliphatic heterocycles. The first-order valence-corrected chi connectivity index (χ1v) is 6.77. The topological polar surface area (TPSA) is 58.4 Å². The number of carbonyl (C=O) groups excluding carboxylic acids is 1. The molecule has 20 heavy (non-hydrogen) atoms. The number of amides is 1. The summed E-state index contributed by atoms with van der Waals surface area (Å²) < 4.78 is 5.14. The first-order chi connectivity index (χ1) is 9.72. The molecule has 0 aliphatic rings. The van der Waals surface area contributed by atoms with Crippen LogP contribution in [0, 0.1) is 0 Å². The van der Waals surface area contributed by atoms with Gasteiger partial charge in [-0.25, -0.2) is 0 Å². The maximum absolute atomic E-state index is 11.8. The van der Waals surface area contributed by atoms with Crippen molar-refractivity contribution in [1.82, 2.24) is 10.1 Å². The molecule has 106 valence electrons. The number of nitrogens with one attached hydrogen (secondary N) is 1. The molecule has 5 nitrogen and oxygen atoms in total. The second-order valence-electron chi connectivity index (χ2n) is 4.45. The Morgan fingerprint density at radius 2 is 1.95 bits per heavy atom. The number of hydrogen-bond donors (Lipinski definition) is 1. The molecule has 1 aromatic heterocycles. The minimum atomic E-state index is -0.0931. The molecule has 0 unspecified atom stereocenters. The van der Waals surface area contributed by atoms with Gasteiger partial charge in [-0.1, -0.05) is 49.3 Å². The molecule has 0 radical (unpaired) electrons. The van der Waals surface area contributed by atoms with Gasteiger partial charge in [0.1, 0.15) is 5.69 Å². The van der Waals surface area contributed by atoms with Crippen LogP contribution in [0.1, 0.15) is 13.8 Å². The first kappa shape index (κ1) is 14.3. The van der Waals surface area contributed by atoms with Gasteiger partial charge in [-0.05, 0) is 13.1 Å². The van der Waals surface area contributed by atoms with Crippen molar-refractivity contribution in [2.75, 3.05) is 25.0 Å². The Morgan fingerprint density at radius 3 is 2.60 bits per heavy atom. The first-order valence-electron chi connectivity index (χ1n) is 6.77. The summed E-state index contributed by atoms with van der Waals surface area (Å²) in [6.07, 6.45) is 0. The van der Waals surface area contributed by atoms with E-state index >= 15 is 0 Å². The van der Waals surface area contributed by atoms with Crippen molar-refractivity contribution < 1.29 is 9.32 Å². The molecule has 0 bridgehead atoms. The van der Waals surface area contributed by atoms with E-state index in [2.05, 4.69) is 10.5 Å². The summed E-state index contributed by atoms with van der Waals surface area (Å²) in [5.41, 5.74) is 1.67. The zero-order chi connectivity index (χ0) is 14.4. The van der Waals surface area contributed by atoms with Crippen molar-refractivity contribution in [2.45, 2.75) is 13.8 Å². The summed E-state index contributed by atoms with van der Waals surface area (Å²) >= 11 is 0. The van der Waals surface area contributed by atoms with E-state index in [0.29, 0.717) is 18.1 Å². The van der Waals surface area contributed by atoms with Crippen LogP contribution in [0.5, 0.6) is 0 Å². The van der Waals surface area contributed by atoms with Gasteiger partial charge in [0.2, 0.25) is 11.8 Å². The molecular weight excluding hydrogens is 254 g/mol. The number of anilines is 1. The van der Waals surface area contributed by atoms with Crippen LogP contribution in [-0.4, -0.2) is 35.6 Å². The Kier molecular flexibility index (Phi) is 4.90. The Hall–Kier alpha value is -2.14. The number of carbonyl (C=O) groups is 1. The van der Waals surface area contributed by atoms with Crippen LogP contribution in [-0.2, 0) is 4.79 Å². The zero-order valence-corrected chi connectivity index (χ0v) is 11.8. The maximum atomic E-state index is 11.8. The Labute approximate surface area is 118 Å². The number of aromatic nitrogens is 1. The number of benzene rings is 1. The van der Waals surface area contributed by atoms with Gasteiger partial charge < -0.3 is 4.52 Å². The molecule has 1 heterocycles. The van der Waals surface area contributed by atoms with Crippen LogP contribution >= 0.6 is 0 Å². The third-order valence-electron chi connectivity index (χ3n) is 3.10. The fraction of sp³-hybridized carbons (Fsp3) is 0.333. The van der Waals surface area contributed by atoms with Gasteiger partial charge >= 0.3 is 0 Å². The monoisotopic (exact) mass is 273 g/mol. The molecule has 0 aliphatic carbocycles. The lowest BCUT2D eigenvalue weighted by Crippen LogP contribution is -2.32. The summed E-state index contributed by atoms with van der Waals surface area (Å²) in [7, 11) is 0. The van der Waals surface area contributed by atoms with Crippen molar-refractivity contribution in [2.24, 2.45) is 0 Å². The predicted molar refractivity (Wildman–Crippen MR) is 78.4 cm³/mol. The van der Waals surface area contributed by atoms with E-state index in [4.69, 9.17) is 4.52 Å². The van der Waals surface area contributed by atoms with Crippen molar-refractivity contribution in [3.63, 3.8) is 0 Å². The lowest BCUT2D eigenvalue weighted by molar-refractivity contribution is -0.117. The minimum Gasteiger partial charge on any atom is -0.338 e.